The van der Waals surface area contributed by atoms with E-state index in [9.17, 15) is 0 Å². The molecule has 18 heavy (non-hydrogen) atoms. The number of hydrogen-bond donors (Lipinski definition) is 1. The van der Waals surface area contributed by atoms with Gasteiger partial charge < -0.3 is 14.8 Å². The number of thiazole rings is 1. The van der Waals surface area contributed by atoms with Gasteiger partial charge in [0, 0.05) is 24.6 Å². The number of nitrogens with zero attached hydrogens (tertiary/aromatic N) is 1. The molecule has 0 aliphatic heterocycles. The van der Waals surface area contributed by atoms with E-state index in [-0.39, 0.29) is 0 Å². The molecule has 0 spiro atoms. The summed E-state index contributed by atoms with van der Waals surface area (Å²) in [6, 6.07) is 0.490. The van der Waals surface area contributed by atoms with Crippen LogP contribution in [0.25, 0.3) is 0 Å². The summed E-state index contributed by atoms with van der Waals surface area (Å²) in [4.78, 5) is 4.51. The molecule has 5 heteroatoms. The standard InChI is InChI=1S/C13H24N2O2S/c1-4-5-16-6-7-17-9-12-10-18-13(15-12)8-14-11(2)3/h10-11,14H,4-9H2,1-3H3. The molecular formula is C13H24N2O2S. The van der Waals surface area contributed by atoms with Crippen LogP contribution in [-0.4, -0.2) is 30.8 Å². The van der Waals surface area contributed by atoms with Crippen LogP contribution >= 0.6 is 11.3 Å². The monoisotopic (exact) mass is 272 g/mol. The van der Waals surface area contributed by atoms with Crippen molar-refractivity contribution in [2.75, 3.05) is 19.8 Å². The molecule has 4 nitrogen and oxygen atoms in total. The Hall–Kier alpha value is -0.490. The molecule has 0 amide bonds. The quantitative estimate of drug-likeness (QED) is 0.665. The summed E-state index contributed by atoms with van der Waals surface area (Å²) in [6.07, 6.45) is 1.05. The molecule has 1 N–H and O–H groups in total. The fourth-order valence-corrected chi connectivity index (χ4v) is 2.06. The SMILES string of the molecule is CCCOCCOCc1csc(CNC(C)C)n1. The van der Waals surface area contributed by atoms with Crippen molar-refractivity contribution in [1.82, 2.24) is 10.3 Å². The van der Waals surface area contributed by atoms with Gasteiger partial charge in [-0.25, -0.2) is 4.98 Å². The highest BCUT2D eigenvalue weighted by molar-refractivity contribution is 7.09. The van der Waals surface area contributed by atoms with Gasteiger partial charge in [-0.05, 0) is 6.42 Å². The van der Waals surface area contributed by atoms with E-state index in [1.54, 1.807) is 11.3 Å². The molecule has 1 aromatic heterocycles. The van der Waals surface area contributed by atoms with Crippen molar-refractivity contribution >= 4 is 11.3 Å². The molecule has 1 aromatic rings. The summed E-state index contributed by atoms with van der Waals surface area (Å²) >= 11 is 1.68. The summed E-state index contributed by atoms with van der Waals surface area (Å²) in [5.41, 5.74) is 1.01. The third kappa shape index (κ3) is 7.06. The minimum atomic E-state index is 0.490. The molecule has 0 radical (unpaired) electrons. The Morgan fingerprint density at radius 1 is 1.28 bits per heavy atom. The largest absolute Gasteiger partial charge is 0.379 e. The fourth-order valence-electron chi connectivity index (χ4n) is 1.33. The molecule has 0 unspecified atom stereocenters. The van der Waals surface area contributed by atoms with E-state index in [4.69, 9.17) is 9.47 Å². The van der Waals surface area contributed by atoms with E-state index in [0.717, 1.165) is 30.3 Å². The Bertz CT molecular complexity index is 316. The van der Waals surface area contributed by atoms with E-state index < -0.39 is 0 Å². The molecular weight excluding hydrogens is 248 g/mol. The van der Waals surface area contributed by atoms with Crippen LogP contribution < -0.4 is 5.32 Å². The first kappa shape index (κ1) is 15.6. The van der Waals surface area contributed by atoms with Crippen LogP contribution in [0, 0.1) is 0 Å². The maximum absolute atomic E-state index is 5.50. The summed E-state index contributed by atoms with van der Waals surface area (Å²) in [5, 5.41) is 6.53. The molecule has 0 atom stereocenters. The fraction of sp³-hybridized carbons (Fsp3) is 0.769. The molecule has 0 saturated heterocycles. The first-order chi connectivity index (χ1) is 8.72. The van der Waals surface area contributed by atoms with Gasteiger partial charge in [0.15, 0.2) is 0 Å². The third-order valence-electron chi connectivity index (χ3n) is 2.23. The Morgan fingerprint density at radius 3 is 2.78 bits per heavy atom. The van der Waals surface area contributed by atoms with Gasteiger partial charge in [-0.2, -0.15) is 0 Å². The molecule has 0 bridgehead atoms. The van der Waals surface area contributed by atoms with Crippen LogP contribution in [-0.2, 0) is 22.6 Å². The van der Waals surface area contributed by atoms with E-state index >= 15 is 0 Å². The molecule has 1 heterocycles. The van der Waals surface area contributed by atoms with Crippen molar-refractivity contribution in [3.8, 4) is 0 Å². The molecule has 0 fully saturated rings. The van der Waals surface area contributed by atoms with Gasteiger partial charge in [0.25, 0.3) is 0 Å². The number of nitrogens with one attached hydrogen (secondary N) is 1. The maximum atomic E-state index is 5.50. The predicted octanol–water partition coefficient (Wildman–Crippen LogP) is 2.58. The van der Waals surface area contributed by atoms with Gasteiger partial charge in [0.2, 0.25) is 0 Å². The number of rotatable bonds is 10. The third-order valence-corrected chi connectivity index (χ3v) is 3.13. The van der Waals surface area contributed by atoms with E-state index in [2.05, 4.69) is 36.5 Å². The van der Waals surface area contributed by atoms with Crippen molar-refractivity contribution in [2.45, 2.75) is 46.4 Å². The summed E-state index contributed by atoms with van der Waals surface area (Å²) in [6.45, 7) is 9.89. The lowest BCUT2D eigenvalue weighted by atomic mass is 10.4. The second kappa shape index (κ2) is 9.44. The lowest BCUT2D eigenvalue weighted by Gasteiger charge is -2.05. The van der Waals surface area contributed by atoms with Crippen LogP contribution in [0.4, 0.5) is 0 Å². The van der Waals surface area contributed by atoms with Crippen LogP contribution in [0.1, 0.15) is 37.9 Å². The number of hydrogen-bond acceptors (Lipinski definition) is 5. The minimum absolute atomic E-state index is 0.490. The van der Waals surface area contributed by atoms with Crippen LogP contribution in [0.3, 0.4) is 0 Å². The highest BCUT2D eigenvalue weighted by Crippen LogP contribution is 2.10. The molecule has 0 aromatic carbocycles. The van der Waals surface area contributed by atoms with E-state index in [0.29, 0.717) is 25.9 Å². The summed E-state index contributed by atoms with van der Waals surface area (Å²) < 4.78 is 10.8. The van der Waals surface area contributed by atoms with Gasteiger partial charge >= 0.3 is 0 Å². The Kier molecular flexibility index (Phi) is 8.17. The lowest BCUT2D eigenvalue weighted by molar-refractivity contribution is 0.0398. The van der Waals surface area contributed by atoms with E-state index in [1.807, 2.05) is 0 Å². The molecule has 1 rings (SSSR count). The second-order valence-corrected chi connectivity index (χ2v) is 5.38. The Morgan fingerprint density at radius 2 is 2.06 bits per heavy atom. The average molecular weight is 272 g/mol. The van der Waals surface area contributed by atoms with Crippen molar-refractivity contribution in [2.24, 2.45) is 0 Å². The summed E-state index contributed by atoms with van der Waals surface area (Å²) in [7, 11) is 0. The van der Waals surface area contributed by atoms with Gasteiger partial charge in [0.05, 0.1) is 25.5 Å². The molecule has 0 aliphatic rings. The van der Waals surface area contributed by atoms with Crippen molar-refractivity contribution < 1.29 is 9.47 Å². The first-order valence-electron chi connectivity index (χ1n) is 6.54. The zero-order chi connectivity index (χ0) is 13.2. The number of aromatic nitrogens is 1. The van der Waals surface area contributed by atoms with Crippen molar-refractivity contribution in [3.63, 3.8) is 0 Å². The zero-order valence-corrected chi connectivity index (χ0v) is 12.4. The van der Waals surface area contributed by atoms with E-state index in [1.165, 1.54) is 0 Å². The van der Waals surface area contributed by atoms with Crippen LogP contribution in [0.15, 0.2) is 5.38 Å². The minimum Gasteiger partial charge on any atom is -0.379 e. The second-order valence-electron chi connectivity index (χ2n) is 4.43. The molecule has 0 saturated carbocycles. The smallest absolute Gasteiger partial charge is 0.107 e. The Balaban J connectivity index is 2.11. The van der Waals surface area contributed by atoms with Crippen molar-refractivity contribution in [3.05, 3.63) is 16.1 Å². The van der Waals surface area contributed by atoms with Crippen LogP contribution in [0.2, 0.25) is 0 Å². The topological polar surface area (TPSA) is 43.4 Å². The van der Waals surface area contributed by atoms with Gasteiger partial charge in [-0.1, -0.05) is 20.8 Å². The summed E-state index contributed by atoms with van der Waals surface area (Å²) in [5.74, 6) is 0. The Labute approximate surface area is 114 Å². The lowest BCUT2D eigenvalue weighted by Crippen LogP contribution is -2.21. The van der Waals surface area contributed by atoms with Gasteiger partial charge in [0.1, 0.15) is 5.01 Å². The maximum Gasteiger partial charge on any atom is 0.107 e. The molecule has 0 aliphatic carbocycles. The average Bonchev–Trinajstić information content (AvgIpc) is 2.79. The molecule has 104 valence electrons. The highest BCUT2D eigenvalue weighted by Gasteiger charge is 2.02. The van der Waals surface area contributed by atoms with Crippen LogP contribution in [0.5, 0.6) is 0 Å². The predicted molar refractivity (Wildman–Crippen MR) is 74.9 cm³/mol. The zero-order valence-electron chi connectivity index (χ0n) is 11.6. The first-order valence-corrected chi connectivity index (χ1v) is 7.42. The normalized spacial score (nSPS) is 11.3. The highest BCUT2D eigenvalue weighted by atomic mass is 32.1. The van der Waals surface area contributed by atoms with Gasteiger partial charge in [-0.15, -0.1) is 11.3 Å². The van der Waals surface area contributed by atoms with Gasteiger partial charge in [-0.3, -0.25) is 0 Å². The van der Waals surface area contributed by atoms with Crippen molar-refractivity contribution in [1.29, 1.82) is 0 Å². The number of ether oxygens (including phenoxy) is 2.